The standard InChI is InChI=1S/C15H11ClN4O4S/c1-24-11-6-5-10(16)13-12(11)17-15(25-13)19-18-14(21)8-3-2-4-9(7-8)20(22)23/h2-7H,1H3,(H,17,19)(H,18,21). The molecule has 8 nitrogen and oxygen atoms in total. The molecule has 0 aliphatic carbocycles. The lowest BCUT2D eigenvalue weighted by Gasteiger charge is -2.05. The Labute approximate surface area is 150 Å². The number of non-ortho nitro benzene ring substituents is 1. The van der Waals surface area contributed by atoms with Gasteiger partial charge in [0.25, 0.3) is 11.6 Å². The molecule has 2 aromatic carbocycles. The highest BCUT2D eigenvalue weighted by molar-refractivity contribution is 7.22. The van der Waals surface area contributed by atoms with E-state index in [2.05, 4.69) is 15.8 Å². The summed E-state index contributed by atoms with van der Waals surface area (Å²) in [5.41, 5.74) is 5.70. The van der Waals surface area contributed by atoms with Crippen LogP contribution >= 0.6 is 22.9 Å². The number of methoxy groups -OCH3 is 1. The highest BCUT2D eigenvalue weighted by Crippen LogP contribution is 2.37. The number of anilines is 1. The van der Waals surface area contributed by atoms with Crippen LogP contribution in [0.25, 0.3) is 10.2 Å². The number of carbonyl (C=O) groups is 1. The maximum atomic E-state index is 12.1. The third kappa shape index (κ3) is 3.47. The van der Waals surface area contributed by atoms with Gasteiger partial charge in [-0.2, -0.15) is 0 Å². The van der Waals surface area contributed by atoms with Crippen LogP contribution in [0, 0.1) is 10.1 Å². The van der Waals surface area contributed by atoms with Crippen molar-refractivity contribution in [2.24, 2.45) is 0 Å². The van der Waals surface area contributed by atoms with Crippen molar-refractivity contribution >= 4 is 49.9 Å². The maximum absolute atomic E-state index is 12.1. The molecule has 0 radical (unpaired) electrons. The second-order valence-electron chi connectivity index (χ2n) is 4.83. The van der Waals surface area contributed by atoms with Crippen molar-refractivity contribution in [2.45, 2.75) is 0 Å². The topological polar surface area (TPSA) is 106 Å². The number of nitro groups is 1. The summed E-state index contributed by atoms with van der Waals surface area (Å²) in [6, 6.07) is 8.82. The molecule has 0 saturated carbocycles. The number of aromatic nitrogens is 1. The number of hydrogen-bond acceptors (Lipinski definition) is 7. The summed E-state index contributed by atoms with van der Waals surface area (Å²) in [5, 5.41) is 11.7. The number of benzene rings is 2. The largest absolute Gasteiger partial charge is 0.494 e. The molecular formula is C15H11ClN4O4S. The summed E-state index contributed by atoms with van der Waals surface area (Å²) in [6.45, 7) is 0. The van der Waals surface area contributed by atoms with E-state index in [0.717, 1.165) is 0 Å². The molecule has 0 saturated heterocycles. The number of carbonyl (C=O) groups excluding carboxylic acids is 1. The molecule has 0 bridgehead atoms. The number of rotatable bonds is 5. The van der Waals surface area contributed by atoms with Gasteiger partial charge < -0.3 is 4.74 Å². The number of amides is 1. The number of ether oxygens (including phenoxy) is 1. The fourth-order valence-electron chi connectivity index (χ4n) is 2.11. The van der Waals surface area contributed by atoms with Crippen LogP contribution in [0.5, 0.6) is 5.75 Å². The van der Waals surface area contributed by atoms with Gasteiger partial charge in [0, 0.05) is 17.7 Å². The molecule has 3 rings (SSSR count). The summed E-state index contributed by atoms with van der Waals surface area (Å²) in [7, 11) is 1.53. The summed E-state index contributed by atoms with van der Waals surface area (Å²) in [4.78, 5) is 26.7. The SMILES string of the molecule is COc1ccc(Cl)c2sc(NNC(=O)c3cccc([N+](=O)[O-])c3)nc12. The Kier molecular flexibility index (Phi) is 4.68. The number of nitrogens with zero attached hydrogens (tertiary/aromatic N) is 2. The van der Waals surface area contributed by atoms with E-state index in [0.29, 0.717) is 26.1 Å². The molecule has 128 valence electrons. The minimum atomic E-state index is -0.563. The highest BCUT2D eigenvalue weighted by atomic mass is 35.5. The van der Waals surface area contributed by atoms with Gasteiger partial charge in [-0.05, 0) is 18.2 Å². The first-order valence-electron chi connectivity index (χ1n) is 6.93. The van der Waals surface area contributed by atoms with Crippen molar-refractivity contribution in [1.29, 1.82) is 0 Å². The summed E-state index contributed by atoms with van der Waals surface area (Å²) in [6.07, 6.45) is 0. The number of fused-ring (bicyclic) bond motifs is 1. The minimum Gasteiger partial charge on any atom is -0.494 e. The van der Waals surface area contributed by atoms with E-state index in [1.165, 1.54) is 42.7 Å². The first-order chi connectivity index (χ1) is 12.0. The molecule has 10 heteroatoms. The van der Waals surface area contributed by atoms with Gasteiger partial charge >= 0.3 is 0 Å². The predicted octanol–water partition coefficient (Wildman–Crippen LogP) is 3.62. The molecule has 0 atom stereocenters. The number of halogens is 1. The molecule has 0 aliphatic heterocycles. The summed E-state index contributed by atoms with van der Waals surface area (Å²) >= 11 is 7.38. The molecule has 1 aromatic heterocycles. The third-order valence-electron chi connectivity index (χ3n) is 3.28. The zero-order valence-electron chi connectivity index (χ0n) is 12.8. The smallest absolute Gasteiger partial charge is 0.270 e. The highest BCUT2D eigenvalue weighted by Gasteiger charge is 2.14. The van der Waals surface area contributed by atoms with E-state index in [9.17, 15) is 14.9 Å². The maximum Gasteiger partial charge on any atom is 0.270 e. The monoisotopic (exact) mass is 378 g/mol. The Morgan fingerprint density at radius 2 is 2.16 bits per heavy atom. The molecule has 3 aromatic rings. The van der Waals surface area contributed by atoms with Crippen LogP contribution in [0.15, 0.2) is 36.4 Å². The van der Waals surface area contributed by atoms with Gasteiger partial charge in [-0.25, -0.2) is 4.98 Å². The van der Waals surface area contributed by atoms with E-state index < -0.39 is 10.8 Å². The number of hydrazine groups is 1. The van der Waals surface area contributed by atoms with Crippen LogP contribution in [0.2, 0.25) is 5.02 Å². The van der Waals surface area contributed by atoms with Gasteiger partial charge in [-0.3, -0.25) is 25.8 Å². The Morgan fingerprint density at radius 1 is 1.36 bits per heavy atom. The van der Waals surface area contributed by atoms with Crippen molar-refractivity contribution in [3.8, 4) is 5.75 Å². The van der Waals surface area contributed by atoms with Gasteiger partial charge in [-0.1, -0.05) is 29.0 Å². The Bertz CT molecular complexity index is 975. The number of thiazole rings is 1. The van der Waals surface area contributed by atoms with E-state index in [1.54, 1.807) is 12.1 Å². The predicted molar refractivity (Wildman–Crippen MR) is 95.4 cm³/mol. The number of nitrogens with one attached hydrogen (secondary N) is 2. The van der Waals surface area contributed by atoms with Crippen molar-refractivity contribution in [2.75, 3.05) is 12.5 Å². The van der Waals surface area contributed by atoms with Crippen LogP contribution in [0.3, 0.4) is 0 Å². The van der Waals surface area contributed by atoms with Crippen LogP contribution in [-0.2, 0) is 0 Å². The minimum absolute atomic E-state index is 0.151. The van der Waals surface area contributed by atoms with E-state index in [4.69, 9.17) is 16.3 Å². The molecule has 25 heavy (non-hydrogen) atoms. The van der Waals surface area contributed by atoms with Crippen LogP contribution in [0.1, 0.15) is 10.4 Å². The van der Waals surface area contributed by atoms with Crippen molar-refractivity contribution in [3.63, 3.8) is 0 Å². The van der Waals surface area contributed by atoms with Crippen molar-refractivity contribution in [3.05, 3.63) is 57.1 Å². The number of hydrogen-bond donors (Lipinski definition) is 2. The average molecular weight is 379 g/mol. The van der Waals surface area contributed by atoms with Crippen LogP contribution in [-0.4, -0.2) is 22.9 Å². The Hall–Kier alpha value is -2.91. The lowest BCUT2D eigenvalue weighted by Crippen LogP contribution is -2.29. The fourth-order valence-corrected chi connectivity index (χ4v) is 3.22. The van der Waals surface area contributed by atoms with Crippen LogP contribution < -0.4 is 15.6 Å². The van der Waals surface area contributed by atoms with Crippen LogP contribution in [0.4, 0.5) is 10.8 Å². The van der Waals surface area contributed by atoms with E-state index in [1.807, 2.05) is 0 Å². The quantitative estimate of drug-likeness (QED) is 0.518. The molecular weight excluding hydrogens is 368 g/mol. The second-order valence-corrected chi connectivity index (χ2v) is 6.24. The van der Waals surface area contributed by atoms with E-state index >= 15 is 0 Å². The lowest BCUT2D eigenvalue weighted by atomic mass is 10.2. The van der Waals surface area contributed by atoms with Crippen molar-refractivity contribution < 1.29 is 14.5 Å². The molecule has 0 fully saturated rings. The Balaban J connectivity index is 1.78. The zero-order chi connectivity index (χ0) is 18.0. The molecule has 2 N–H and O–H groups in total. The van der Waals surface area contributed by atoms with Gasteiger partial charge in [0.15, 0.2) is 0 Å². The van der Waals surface area contributed by atoms with Gasteiger partial charge in [0.05, 0.1) is 21.8 Å². The molecule has 0 unspecified atom stereocenters. The zero-order valence-corrected chi connectivity index (χ0v) is 14.4. The first kappa shape index (κ1) is 16.9. The third-order valence-corrected chi connectivity index (χ3v) is 4.71. The molecule has 1 heterocycles. The molecule has 0 spiro atoms. The molecule has 0 aliphatic rings. The van der Waals surface area contributed by atoms with Gasteiger partial charge in [-0.15, -0.1) is 0 Å². The van der Waals surface area contributed by atoms with Gasteiger partial charge in [0.1, 0.15) is 11.3 Å². The number of nitro benzene ring substituents is 1. The Morgan fingerprint density at radius 3 is 2.88 bits per heavy atom. The van der Waals surface area contributed by atoms with Crippen molar-refractivity contribution in [1.82, 2.24) is 10.4 Å². The van der Waals surface area contributed by atoms with Gasteiger partial charge in [0.2, 0.25) is 5.13 Å². The fraction of sp³-hybridized carbons (Fsp3) is 0.0667. The van der Waals surface area contributed by atoms with E-state index in [-0.39, 0.29) is 11.3 Å². The first-order valence-corrected chi connectivity index (χ1v) is 8.13. The lowest BCUT2D eigenvalue weighted by molar-refractivity contribution is -0.384. The average Bonchev–Trinajstić information content (AvgIpc) is 3.05. The molecule has 1 amide bonds. The second kappa shape index (κ2) is 6.91. The summed E-state index contributed by atoms with van der Waals surface area (Å²) in [5.74, 6) is 0.0368. The normalized spacial score (nSPS) is 10.5. The summed E-state index contributed by atoms with van der Waals surface area (Å²) < 4.78 is 5.95.